The molecule has 3 heteroatoms. The summed E-state index contributed by atoms with van der Waals surface area (Å²) in [6.45, 7) is 4.15. The Morgan fingerprint density at radius 3 is 2.58 bits per heavy atom. The van der Waals surface area contributed by atoms with Crippen LogP contribution in [0.15, 0.2) is 0 Å². The number of hydrogen-bond donors (Lipinski definition) is 1. The topological polar surface area (TPSA) is 29.1 Å². The average molecular weight is 234 g/mol. The lowest BCUT2D eigenvalue weighted by atomic mass is 10.2. The molecule has 1 aliphatic rings. The first-order valence-corrected chi connectivity index (χ1v) is 5.45. The molecule has 1 N–H and O–H groups in total. The highest BCUT2D eigenvalue weighted by molar-refractivity contribution is 9.09. The van der Waals surface area contributed by atoms with Gasteiger partial charge >= 0.3 is 0 Å². The Morgan fingerprint density at radius 1 is 1.58 bits per heavy atom. The quantitative estimate of drug-likeness (QED) is 0.741. The van der Waals surface area contributed by atoms with Gasteiger partial charge in [-0.05, 0) is 26.2 Å². The fourth-order valence-electron chi connectivity index (χ4n) is 1.25. The molecule has 1 amide bonds. The number of carbonyl (C=O) groups is 1. The molecule has 0 aromatic heterocycles. The summed E-state index contributed by atoms with van der Waals surface area (Å²) >= 11 is 3.47. The third-order valence-electron chi connectivity index (χ3n) is 2.02. The predicted octanol–water partition coefficient (Wildman–Crippen LogP) is 2.07. The average Bonchev–Trinajstić information content (AvgIpc) is 2.63. The van der Waals surface area contributed by atoms with Crippen molar-refractivity contribution >= 4 is 21.8 Å². The molecule has 12 heavy (non-hydrogen) atoms. The summed E-state index contributed by atoms with van der Waals surface area (Å²) in [6.07, 6.45) is 3.17. The van der Waals surface area contributed by atoms with Crippen LogP contribution in [0, 0.1) is 5.92 Å². The minimum absolute atomic E-state index is 0.246. The van der Waals surface area contributed by atoms with Crippen molar-refractivity contribution < 1.29 is 4.79 Å². The van der Waals surface area contributed by atoms with E-state index in [1.165, 1.54) is 0 Å². The zero-order valence-corrected chi connectivity index (χ0v) is 9.23. The van der Waals surface area contributed by atoms with E-state index in [1.54, 1.807) is 0 Å². The number of alkyl halides is 1. The van der Waals surface area contributed by atoms with Gasteiger partial charge in [-0.2, -0.15) is 0 Å². The molecule has 2 nitrogen and oxygen atoms in total. The summed E-state index contributed by atoms with van der Waals surface area (Å²) in [5.74, 6) is 0.578. The second kappa shape index (κ2) is 4.26. The summed E-state index contributed by atoms with van der Waals surface area (Å²) in [7, 11) is 0. The van der Waals surface area contributed by atoms with Gasteiger partial charge in [-0.3, -0.25) is 4.79 Å². The minimum atomic E-state index is 0.246. The number of halogens is 1. The molecule has 0 saturated heterocycles. The van der Waals surface area contributed by atoms with Crippen molar-refractivity contribution in [1.82, 2.24) is 5.32 Å². The number of amides is 1. The Hall–Kier alpha value is -0.0500. The summed E-state index contributed by atoms with van der Waals surface area (Å²) < 4.78 is 0. The van der Waals surface area contributed by atoms with Crippen molar-refractivity contribution in [1.29, 1.82) is 0 Å². The largest absolute Gasteiger partial charge is 0.353 e. The van der Waals surface area contributed by atoms with Gasteiger partial charge in [-0.1, -0.05) is 22.9 Å². The Kier molecular flexibility index (Phi) is 3.56. The molecule has 0 bridgehead atoms. The van der Waals surface area contributed by atoms with Crippen LogP contribution in [0.3, 0.4) is 0 Å². The fraction of sp³-hybridized carbons (Fsp3) is 0.889. The standard InChI is InChI=1S/C9H16BrNO/c1-6(10)5-7(2)11-9(12)8-3-4-8/h6-8H,3-5H2,1-2H3,(H,11,12). The Bertz CT molecular complexity index is 166. The van der Waals surface area contributed by atoms with Gasteiger partial charge in [-0.15, -0.1) is 0 Å². The zero-order valence-electron chi connectivity index (χ0n) is 7.64. The molecule has 0 aromatic rings. The predicted molar refractivity (Wildman–Crippen MR) is 53.3 cm³/mol. The van der Waals surface area contributed by atoms with E-state index in [-0.39, 0.29) is 5.91 Å². The maximum absolute atomic E-state index is 11.3. The van der Waals surface area contributed by atoms with E-state index in [4.69, 9.17) is 0 Å². The molecule has 0 aliphatic heterocycles. The lowest BCUT2D eigenvalue weighted by Crippen LogP contribution is -2.34. The molecule has 2 unspecified atom stereocenters. The monoisotopic (exact) mass is 233 g/mol. The van der Waals surface area contributed by atoms with Crippen LogP contribution in [0.4, 0.5) is 0 Å². The van der Waals surface area contributed by atoms with E-state index in [2.05, 4.69) is 35.1 Å². The lowest BCUT2D eigenvalue weighted by molar-refractivity contribution is -0.122. The zero-order chi connectivity index (χ0) is 9.14. The summed E-state index contributed by atoms with van der Waals surface area (Å²) in [5.41, 5.74) is 0. The molecule has 0 spiro atoms. The number of carbonyl (C=O) groups excluding carboxylic acids is 1. The first-order valence-electron chi connectivity index (χ1n) is 4.54. The van der Waals surface area contributed by atoms with Crippen molar-refractivity contribution in [2.24, 2.45) is 5.92 Å². The molecule has 1 saturated carbocycles. The van der Waals surface area contributed by atoms with E-state index in [9.17, 15) is 4.79 Å². The van der Waals surface area contributed by atoms with Crippen molar-refractivity contribution in [2.75, 3.05) is 0 Å². The Morgan fingerprint density at radius 2 is 2.17 bits per heavy atom. The highest BCUT2D eigenvalue weighted by Gasteiger charge is 2.30. The Balaban J connectivity index is 2.15. The van der Waals surface area contributed by atoms with Gasteiger partial charge in [0.25, 0.3) is 0 Å². The molecule has 0 heterocycles. The molecule has 2 atom stereocenters. The van der Waals surface area contributed by atoms with Crippen LogP contribution in [0.2, 0.25) is 0 Å². The minimum Gasteiger partial charge on any atom is -0.353 e. The lowest BCUT2D eigenvalue weighted by Gasteiger charge is -2.14. The van der Waals surface area contributed by atoms with Crippen LogP contribution in [0.5, 0.6) is 0 Å². The highest BCUT2D eigenvalue weighted by Crippen LogP contribution is 2.29. The van der Waals surface area contributed by atoms with Crippen molar-refractivity contribution in [3.8, 4) is 0 Å². The number of nitrogens with one attached hydrogen (secondary N) is 1. The molecular weight excluding hydrogens is 218 g/mol. The SMILES string of the molecule is CC(Br)CC(C)NC(=O)C1CC1. The second-order valence-electron chi connectivity index (χ2n) is 3.70. The van der Waals surface area contributed by atoms with Gasteiger partial charge in [0.05, 0.1) is 0 Å². The van der Waals surface area contributed by atoms with E-state index in [0.717, 1.165) is 19.3 Å². The summed E-state index contributed by atoms with van der Waals surface area (Å²) in [5, 5.41) is 3.00. The molecule has 70 valence electrons. The van der Waals surface area contributed by atoms with E-state index in [1.807, 2.05) is 0 Å². The van der Waals surface area contributed by atoms with Gasteiger partial charge in [0, 0.05) is 16.8 Å². The molecule has 0 radical (unpaired) electrons. The van der Waals surface area contributed by atoms with Gasteiger partial charge in [0.2, 0.25) is 5.91 Å². The first kappa shape index (κ1) is 10.0. The van der Waals surface area contributed by atoms with Crippen LogP contribution >= 0.6 is 15.9 Å². The van der Waals surface area contributed by atoms with Gasteiger partial charge in [0.15, 0.2) is 0 Å². The van der Waals surface area contributed by atoms with E-state index >= 15 is 0 Å². The van der Waals surface area contributed by atoms with Gasteiger partial charge in [-0.25, -0.2) is 0 Å². The third kappa shape index (κ3) is 3.57. The van der Waals surface area contributed by atoms with Crippen LogP contribution in [0.1, 0.15) is 33.1 Å². The highest BCUT2D eigenvalue weighted by atomic mass is 79.9. The van der Waals surface area contributed by atoms with Crippen molar-refractivity contribution in [3.05, 3.63) is 0 Å². The maximum atomic E-state index is 11.3. The second-order valence-corrected chi connectivity index (χ2v) is 5.26. The summed E-state index contributed by atoms with van der Waals surface area (Å²) in [6, 6.07) is 0.299. The van der Waals surface area contributed by atoms with Gasteiger partial charge in [0.1, 0.15) is 0 Å². The van der Waals surface area contributed by atoms with Crippen molar-refractivity contribution in [3.63, 3.8) is 0 Å². The molecule has 0 aromatic carbocycles. The van der Waals surface area contributed by atoms with Crippen molar-refractivity contribution in [2.45, 2.75) is 44.0 Å². The fourth-order valence-corrected chi connectivity index (χ4v) is 1.81. The van der Waals surface area contributed by atoms with Crippen LogP contribution in [0.25, 0.3) is 0 Å². The molecule has 1 rings (SSSR count). The smallest absolute Gasteiger partial charge is 0.223 e. The third-order valence-corrected chi connectivity index (χ3v) is 2.39. The maximum Gasteiger partial charge on any atom is 0.223 e. The first-order chi connectivity index (χ1) is 5.59. The normalized spacial score (nSPS) is 21.6. The number of hydrogen-bond acceptors (Lipinski definition) is 1. The molecule has 1 fully saturated rings. The summed E-state index contributed by atoms with van der Waals surface area (Å²) in [4.78, 5) is 11.7. The Labute approximate surface area is 82.2 Å². The van der Waals surface area contributed by atoms with Crippen LogP contribution in [-0.4, -0.2) is 16.8 Å². The van der Waals surface area contributed by atoms with Crippen LogP contribution in [-0.2, 0) is 4.79 Å². The number of rotatable bonds is 4. The van der Waals surface area contributed by atoms with E-state index in [0.29, 0.717) is 16.8 Å². The van der Waals surface area contributed by atoms with Gasteiger partial charge < -0.3 is 5.32 Å². The van der Waals surface area contributed by atoms with Crippen LogP contribution < -0.4 is 5.32 Å². The van der Waals surface area contributed by atoms with E-state index < -0.39 is 0 Å². The molecule has 1 aliphatic carbocycles. The molecular formula is C9H16BrNO.